The van der Waals surface area contributed by atoms with Gasteiger partial charge in [-0.3, -0.25) is 57.7 Å². The van der Waals surface area contributed by atoms with Gasteiger partial charge in [0.2, 0.25) is 53.2 Å². The summed E-state index contributed by atoms with van der Waals surface area (Å²) in [6, 6.07) is -13.6. The molecule has 438 valence electrons. The van der Waals surface area contributed by atoms with Gasteiger partial charge >= 0.3 is 17.9 Å². The van der Waals surface area contributed by atoms with E-state index in [0.717, 1.165) is 6.92 Å². The van der Waals surface area contributed by atoms with E-state index in [2.05, 4.69) is 47.5 Å². The van der Waals surface area contributed by atoms with Crippen molar-refractivity contribution in [3.8, 4) is 0 Å². The number of guanidine groups is 1. The number of nitrogens with two attached hydrogens (primary N) is 4. The molecule has 0 aliphatic heterocycles. The van der Waals surface area contributed by atoms with Crippen LogP contribution in [0.25, 0.3) is 0 Å². The predicted molar refractivity (Wildman–Crippen MR) is 278 cm³/mol. The molecule has 0 radical (unpaired) electrons. The highest BCUT2D eigenvalue weighted by Crippen LogP contribution is 2.13. The molecule has 0 aromatic carbocycles. The van der Waals surface area contributed by atoms with Crippen LogP contribution in [0.2, 0.25) is 0 Å². The van der Waals surface area contributed by atoms with E-state index in [0.29, 0.717) is 6.42 Å². The first kappa shape index (κ1) is 69.8. The zero-order chi connectivity index (χ0) is 59.4. The number of carboxylic acid groups (broad SMARTS) is 3. The van der Waals surface area contributed by atoms with Gasteiger partial charge in [0, 0.05) is 25.8 Å². The second-order valence-electron chi connectivity index (χ2n) is 20.5. The number of rotatable bonds is 38. The van der Waals surface area contributed by atoms with Gasteiger partial charge < -0.3 is 85.9 Å². The lowest BCUT2D eigenvalue weighted by atomic mass is 9.99. The van der Waals surface area contributed by atoms with Crippen LogP contribution in [0.3, 0.4) is 0 Å². The first-order valence-corrected chi connectivity index (χ1v) is 25.5. The van der Waals surface area contributed by atoms with Crippen LogP contribution in [0.1, 0.15) is 133 Å². The minimum absolute atomic E-state index is 0.0149. The van der Waals surface area contributed by atoms with E-state index in [-0.39, 0.29) is 55.9 Å². The van der Waals surface area contributed by atoms with Crippen LogP contribution < -0.4 is 65.5 Å². The smallest absolute Gasteiger partial charge is 0.326 e. The first-order valence-electron chi connectivity index (χ1n) is 25.5. The van der Waals surface area contributed by atoms with E-state index in [1.165, 1.54) is 0 Å². The standard InChI is InChI=1S/C48H85N13O16/c1-22(2)19-31(57-39(68)27(49)11-10-18-53-48(51)52)44(73)59-32(20-23(3)4)43(72)55-28(12-15-34(50)63)40(69)54-30(14-17-36(66)67)42(71)61-38(26(9)62)46(75)56-29(13-16-35(64)65)41(70)58-33(21-24(5)6)45(74)60-37(25(7)8)47(76)77/h22-33,37-38,62H,10-21,49H2,1-9H3,(H2,50,63)(H,54,69)(H,55,72)(H,56,75)(H,57,68)(H,58,70)(H,59,73)(H,60,74)(H,61,71)(H,64,65)(H,66,67)(H,76,77)(H4,51,52,53)/t26-,27+,28+,29+,30+,31+,32+,33+,37+,38+/m1/s1. The number of primary amides is 1. The summed E-state index contributed by atoms with van der Waals surface area (Å²) < 4.78 is 0. The monoisotopic (exact) mass is 1100 g/mol. The number of aliphatic hydroxyl groups excluding tert-OH is 1. The normalized spacial score (nSPS) is 15.2. The average molecular weight is 1100 g/mol. The Morgan fingerprint density at radius 2 is 0.753 bits per heavy atom. The SMILES string of the molecule is CC(C)C[C@H](NC(=O)[C@H](CC(C)C)NC(=O)[C@@H](N)CCCN=C(N)N)C(=O)N[C@@H](CCC(N)=O)C(=O)N[C@@H](CCC(=O)O)C(=O)N[C@H](C(=O)N[C@@H](CCC(=O)O)C(=O)N[C@@H](CC(C)C)C(=O)N[C@H](C(=O)O)C(C)C)[C@@H](C)O. The van der Waals surface area contributed by atoms with Crippen LogP contribution >= 0.6 is 0 Å². The number of carbonyl (C=O) groups excluding carboxylic acids is 9. The second kappa shape index (κ2) is 35.2. The molecule has 0 heterocycles. The maximum absolute atomic E-state index is 14.0. The van der Waals surface area contributed by atoms with Gasteiger partial charge in [0.25, 0.3) is 0 Å². The molecular formula is C48H85N13O16. The summed E-state index contributed by atoms with van der Waals surface area (Å²) in [5, 5.41) is 58.6. The van der Waals surface area contributed by atoms with Crippen molar-refractivity contribution in [2.45, 2.75) is 193 Å². The van der Waals surface area contributed by atoms with Crippen molar-refractivity contribution in [2.24, 2.45) is 51.6 Å². The Morgan fingerprint density at radius 3 is 1.09 bits per heavy atom. The number of amides is 9. The highest BCUT2D eigenvalue weighted by atomic mass is 16.4. The van der Waals surface area contributed by atoms with E-state index in [1.807, 2.05) is 0 Å². The molecule has 0 aromatic heterocycles. The molecule has 0 aliphatic rings. The molecular weight excluding hydrogens is 1010 g/mol. The quantitative estimate of drug-likeness (QED) is 0.0162. The first-order chi connectivity index (χ1) is 35.7. The van der Waals surface area contributed by atoms with Crippen molar-refractivity contribution in [1.82, 2.24) is 42.5 Å². The number of hydrogen-bond acceptors (Lipinski definition) is 15. The number of hydrogen-bond donors (Lipinski definition) is 16. The van der Waals surface area contributed by atoms with Gasteiger partial charge in [-0.1, -0.05) is 55.4 Å². The molecule has 0 saturated heterocycles. The fourth-order valence-corrected chi connectivity index (χ4v) is 7.44. The van der Waals surface area contributed by atoms with E-state index < -0.39 is 176 Å². The molecule has 0 saturated carbocycles. The van der Waals surface area contributed by atoms with Crippen molar-refractivity contribution in [3.05, 3.63) is 0 Å². The highest BCUT2D eigenvalue weighted by Gasteiger charge is 2.37. The van der Waals surface area contributed by atoms with Gasteiger partial charge in [-0.2, -0.15) is 0 Å². The maximum atomic E-state index is 14.0. The second-order valence-corrected chi connectivity index (χ2v) is 20.5. The Hall–Kier alpha value is -7.17. The summed E-state index contributed by atoms with van der Waals surface area (Å²) in [6.07, 6.45) is -4.91. The van der Waals surface area contributed by atoms with Gasteiger partial charge in [0.1, 0.15) is 48.3 Å². The zero-order valence-corrected chi connectivity index (χ0v) is 45.5. The third kappa shape index (κ3) is 29.1. The summed E-state index contributed by atoms with van der Waals surface area (Å²) in [6.45, 7) is 14.8. The van der Waals surface area contributed by atoms with E-state index >= 15 is 0 Å². The van der Waals surface area contributed by atoms with Crippen LogP contribution in [0.15, 0.2) is 4.99 Å². The lowest BCUT2D eigenvalue weighted by Crippen LogP contribution is -2.62. The molecule has 9 amide bonds. The number of nitrogens with zero attached hydrogens (tertiary/aromatic N) is 1. The molecule has 0 spiro atoms. The van der Waals surface area contributed by atoms with Crippen LogP contribution in [0.4, 0.5) is 0 Å². The molecule has 0 fully saturated rings. The summed E-state index contributed by atoms with van der Waals surface area (Å²) in [5.74, 6) is -14.5. The number of aliphatic imine (C=N–C) groups is 1. The Morgan fingerprint density at radius 1 is 0.429 bits per heavy atom. The van der Waals surface area contributed by atoms with Crippen LogP contribution in [0.5, 0.6) is 0 Å². The van der Waals surface area contributed by atoms with Crippen LogP contribution in [0, 0.1) is 23.7 Å². The molecule has 0 aromatic rings. The molecule has 29 heteroatoms. The summed E-state index contributed by atoms with van der Waals surface area (Å²) in [4.78, 5) is 161. The van der Waals surface area contributed by atoms with Crippen molar-refractivity contribution in [1.29, 1.82) is 0 Å². The molecule has 0 rings (SSSR count). The Bertz CT molecular complexity index is 2060. The topological polar surface area (TPSA) is 498 Å². The average Bonchev–Trinajstić information content (AvgIpc) is 3.30. The van der Waals surface area contributed by atoms with Crippen LogP contribution in [-0.4, -0.2) is 164 Å². The van der Waals surface area contributed by atoms with Crippen molar-refractivity contribution in [3.63, 3.8) is 0 Å². The fraction of sp³-hybridized carbons (Fsp3) is 0.729. The molecule has 77 heavy (non-hydrogen) atoms. The zero-order valence-electron chi connectivity index (χ0n) is 45.5. The van der Waals surface area contributed by atoms with Crippen molar-refractivity contribution >= 4 is 77.0 Å². The van der Waals surface area contributed by atoms with E-state index in [9.17, 15) is 78.0 Å². The lowest BCUT2D eigenvalue weighted by molar-refractivity contribution is -0.143. The van der Waals surface area contributed by atoms with Gasteiger partial charge in [0.15, 0.2) is 5.96 Å². The molecule has 0 aliphatic carbocycles. The predicted octanol–water partition coefficient (Wildman–Crippen LogP) is -3.50. The molecule has 0 unspecified atom stereocenters. The lowest BCUT2D eigenvalue weighted by Gasteiger charge is -2.29. The van der Waals surface area contributed by atoms with Gasteiger partial charge in [-0.05, 0) is 82.0 Å². The minimum atomic E-state index is -1.98. The third-order valence-electron chi connectivity index (χ3n) is 11.5. The number of aliphatic carboxylic acids is 3. The van der Waals surface area contributed by atoms with Gasteiger partial charge in [-0.15, -0.1) is 0 Å². The summed E-state index contributed by atoms with van der Waals surface area (Å²) in [5.41, 5.74) is 22.1. The fourth-order valence-electron chi connectivity index (χ4n) is 7.44. The van der Waals surface area contributed by atoms with E-state index in [4.69, 9.17) is 22.9 Å². The third-order valence-corrected chi connectivity index (χ3v) is 11.5. The maximum Gasteiger partial charge on any atom is 0.326 e. The Labute approximate surface area is 448 Å². The molecule has 0 bridgehead atoms. The van der Waals surface area contributed by atoms with E-state index in [1.54, 1.807) is 55.4 Å². The highest BCUT2D eigenvalue weighted by molar-refractivity contribution is 5.98. The number of nitrogens with one attached hydrogen (secondary N) is 8. The number of aliphatic hydroxyl groups is 1. The van der Waals surface area contributed by atoms with Gasteiger partial charge in [-0.25, -0.2) is 4.79 Å². The van der Waals surface area contributed by atoms with Crippen LogP contribution in [-0.2, 0) is 57.5 Å². The summed E-state index contributed by atoms with van der Waals surface area (Å²) >= 11 is 0. The van der Waals surface area contributed by atoms with Gasteiger partial charge in [0.05, 0.1) is 12.1 Å². The molecule has 29 nitrogen and oxygen atoms in total. The minimum Gasteiger partial charge on any atom is -0.481 e. The summed E-state index contributed by atoms with van der Waals surface area (Å²) in [7, 11) is 0. The molecule has 10 atom stereocenters. The molecule has 20 N–H and O–H groups in total. The van der Waals surface area contributed by atoms with Crippen molar-refractivity contribution in [2.75, 3.05) is 6.54 Å². The van der Waals surface area contributed by atoms with Crippen molar-refractivity contribution < 1.29 is 78.0 Å². The number of carboxylic acids is 3. The Kier molecular flexibility index (Phi) is 31.9. The largest absolute Gasteiger partial charge is 0.481 e. The Balaban J connectivity index is 6.79. The number of carbonyl (C=O) groups is 12.